The lowest BCUT2D eigenvalue weighted by Gasteiger charge is -2.36. The average molecular weight is 420 g/mol. The minimum absolute atomic E-state index is 0.0388. The van der Waals surface area contributed by atoms with Crippen LogP contribution in [0.25, 0.3) is 0 Å². The van der Waals surface area contributed by atoms with Gasteiger partial charge in [-0.1, -0.05) is 23.7 Å². The van der Waals surface area contributed by atoms with Crippen molar-refractivity contribution in [2.75, 3.05) is 13.2 Å². The Morgan fingerprint density at radius 3 is 2.97 bits per heavy atom. The molecular weight excluding hydrogens is 401 g/mol. The number of aromatic nitrogens is 1. The second kappa shape index (κ2) is 6.83. The minimum atomic E-state index is -0.558. The van der Waals surface area contributed by atoms with Crippen LogP contribution in [0.5, 0.6) is 5.75 Å². The van der Waals surface area contributed by atoms with Crippen molar-refractivity contribution in [3.8, 4) is 5.75 Å². The van der Waals surface area contributed by atoms with Crippen LogP contribution in [0, 0.1) is 5.82 Å². The molecule has 2 N–H and O–H groups in total. The summed E-state index contributed by atoms with van der Waals surface area (Å²) in [5, 5.41) is 13.7. The molecule has 2 aromatic rings. The van der Waals surface area contributed by atoms with Crippen molar-refractivity contribution in [3.05, 3.63) is 61.8 Å². The summed E-state index contributed by atoms with van der Waals surface area (Å²) in [6, 6.07) is 4.63. The fourth-order valence-electron chi connectivity index (χ4n) is 4.65. The molecule has 0 bridgehead atoms. The van der Waals surface area contributed by atoms with Crippen LogP contribution in [0.4, 0.5) is 4.39 Å². The normalized spacial score (nSPS) is 22.1. The van der Waals surface area contributed by atoms with Crippen molar-refractivity contribution in [2.45, 2.75) is 38.2 Å². The van der Waals surface area contributed by atoms with Crippen LogP contribution in [0.15, 0.2) is 23.0 Å². The number of halogens is 2. The van der Waals surface area contributed by atoms with Gasteiger partial charge in [0.1, 0.15) is 5.82 Å². The first-order valence-electron chi connectivity index (χ1n) is 9.54. The highest BCUT2D eigenvalue weighted by molar-refractivity contribution is 6.30. The van der Waals surface area contributed by atoms with Crippen molar-refractivity contribution in [2.24, 2.45) is 0 Å². The van der Waals surface area contributed by atoms with Gasteiger partial charge in [-0.25, -0.2) is 4.39 Å². The van der Waals surface area contributed by atoms with Gasteiger partial charge in [0.05, 0.1) is 17.7 Å². The maximum atomic E-state index is 14.1. The number of nitrogens with one attached hydrogen (secondary N) is 1. The van der Waals surface area contributed by atoms with Crippen molar-refractivity contribution >= 4 is 17.5 Å². The monoisotopic (exact) mass is 419 g/mol. The summed E-state index contributed by atoms with van der Waals surface area (Å²) >= 11 is 5.81. The highest BCUT2D eigenvalue weighted by Crippen LogP contribution is 2.41. The number of hydrogen-bond donors (Lipinski definition) is 2. The summed E-state index contributed by atoms with van der Waals surface area (Å²) < 4.78 is 21.6. The fourth-order valence-corrected chi connectivity index (χ4v) is 4.85. The number of carbonyl (C=O) groups is 1. The summed E-state index contributed by atoms with van der Waals surface area (Å²) in [5.74, 6) is -1.40. The number of nitrogens with zero attached hydrogens (tertiary/aromatic N) is 2. The molecular formula is C20H19ClFN3O4. The molecule has 0 saturated carbocycles. The van der Waals surface area contributed by atoms with Gasteiger partial charge in [-0.15, -0.1) is 0 Å². The molecule has 0 radical (unpaired) electrons. The van der Waals surface area contributed by atoms with E-state index in [9.17, 15) is 19.1 Å². The number of amides is 1. The average Bonchev–Trinajstić information content (AvgIpc) is 3.35. The second-order valence-corrected chi connectivity index (χ2v) is 7.91. The number of benzene rings is 1. The molecule has 0 aliphatic carbocycles. The molecule has 1 aromatic heterocycles. The molecule has 9 heteroatoms. The van der Waals surface area contributed by atoms with E-state index < -0.39 is 17.0 Å². The van der Waals surface area contributed by atoms with Crippen LogP contribution in [-0.2, 0) is 24.2 Å². The molecule has 5 rings (SSSR count). The molecule has 3 aliphatic heterocycles. The zero-order valence-corrected chi connectivity index (χ0v) is 16.2. The minimum Gasteiger partial charge on any atom is -0.503 e. The first-order chi connectivity index (χ1) is 14.0. The Morgan fingerprint density at radius 1 is 1.31 bits per heavy atom. The zero-order chi connectivity index (χ0) is 20.3. The molecule has 3 aliphatic rings. The Kier molecular flexibility index (Phi) is 4.38. The molecule has 1 saturated heterocycles. The van der Waals surface area contributed by atoms with Crippen LogP contribution in [0.3, 0.4) is 0 Å². The van der Waals surface area contributed by atoms with Crippen LogP contribution >= 0.6 is 11.6 Å². The molecule has 2 unspecified atom stereocenters. The predicted molar refractivity (Wildman–Crippen MR) is 102 cm³/mol. The lowest BCUT2D eigenvalue weighted by Crippen LogP contribution is -2.48. The Morgan fingerprint density at radius 2 is 2.14 bits per heavy atom. The first kappa shape index (κ1) is 18.6. The SMILES string of the molecule is O=C1c2c(O)c(=O)c(CNCc3cccc(Cl)c3F)c3n2C(CC3)C2OCCN12. The summed E-state index contributed by atoms with van der Waals surface area (Å²) in [6.07, 6.45) is 0.969. The van der Waals surface area contributed by atoms with Crippen molar-refractivity contribution in [1.29, 1.82) is 0 Å². The number of fused-ring (bicyclic) bond motifs is 2. The summed E-state index contributed by atoms with van der Waals surface area (Å²) in [6.45, 7) is 1.22. The van der Waals surface area contributed by atoms with E-state index in [4.69, 9.17) is 16.3 Å². The quantitative estimate of drug-likeness (QED) is 0.791. The number of aromatic hydroxyl groups is 1. The van der Waals surface area contributed by atoms with E-state index >= 15 is 0 Å². The number of carbonyl (C=O) groups excluding carboxylic acids is 1. The highest BCUT2D eigenvalue weighted by atomic mass is 35.5. The lowest BCUT2D eigenvalue weighted by atomic mass is 10.1. The maximum absolute atomic E-state index is 14.1. The van der Waals surface area contributed by atoms with Gasteiger partial charge >= 0.3 is 0 Å². The summed E-state index contributed by atoms with van der Waals surface area (Å²) in [7, 11) is 0. The molecule has 1 aromatic carbocycles. The number of hydrogen-bond acceptors (Lipinski definition) is 5. The van der Waals surface area contributed by atoms with Gasteiger partial charge in [-0.05, 0) is 18.9 Å². The van der Waals surface area contributed by atoms with E-state index in [0.717, 1.165) is 12.1 Å². The Hall–Kier alpha value is -2.42. The van der Waals surface area contributed by atoms with E-state index in [1.54, 1.807) is 21.6 Å². The Bertz CT molecular complexity index is 1090. The standard InChI is InChI=1S/C20H19ClFN3O4/c21-12-3-1-2-10(15(12)22)8-23-9-11-13-4-5-14-20-24(6-7-29-20)19(28)16(25(13)14)18(27)17(11)26/h1-3,14,20,23,27H,4-9H2. The van der Waals surface area contributed by atoms with Gasteiger partial charge in [0, 0.05) is 36.5 Å². The maximum Gasteiger partial charge on any atom is 0.276 e. The molecule has 29 heavy (non-hydrogen) atoms. The van der Waals surface area contributed by atoms with Crippen LogP contribution < -0.4 is 10.7 Å². The van der Waals surface area contributed by atoms with Crippen molar-refractivity contribution in [3.63, 3.8) is 0 Å². The van der Waals surface area contributed by atoms with Crippen LogP contribution in [-0.4, -0.2) is 39.9 Å². The lowest BCUT2D eigenvalue weighted by molar-refractivity contribution is -0.0124. The molecule has 1 fully saturated rings. The Labute approximate surface area is 170 Å². The number of rotatable bonds is 4. The van der Waals surface area contributed by atoms with E-state index in [0.29, 0.717) is 30.7 Å². The first-order valence-corrected chi connectivity index (χ1v) is 9.92. The van der Waals surface area contributed by atoms with Gasteiger partial charge in [0.2, 0.25) is 5.43 Å². The van der Waals surface area contributed by atoms with Crippen molar-refractivity contribution in [1.82, 2.24) is 14.8 Å². The molecule has 2 atom stereocenters. The Balaban J connectivity index is 1.49. The summed E-state index contributed by atoms with van der Waals surface area (Å²) in [4.78, 5) is 27.3. The van der Waals surface area contributed by atoms with Gasteiger partial charge in [-0.3, -0.25) is 9.59 Å². The fraction of sp³-hybridized carbons (Fsp3) is 0.400. The van der Waals surface area contributed by atoms with Gasteiger partial charge in [0.15, 0.2) is 17.7 Å². The smallest absolute Gasteiger partial charge is 0.276 e. The molecule has 1 amide bonds. The van der Waals surface area contributed by atoms with Crippen LogP contribution in [0.1, 0.15) is 39.8 Å². The number of pyridine rings is 1. The molecule has 7 nitrogen and oxygen atoms in total. The van der Waals surface area contributed by atoms with Crippen LogP contribution in [0.2, 0.25) is 5.02 Å². The number of ether oxygens (including phenoxy) is 1. The third-order valence-electron chi connectivity index (χ3n) is 5.97. The highest BCUT2D eigenvalue weighted by Gasteiger charge is 2.48. The topological polar surface area (TPSA) is 83.8 Å². The van der Waals surface area contributed by atoms with E-state index in [1.165, 1.54) is 6.07 Å². The van der Waals surface area contributed by atoms with E-state index in [1.807, 2.05) is 0 Å². The van der Waals surface area contributed by atoms with E-state index in [-0.39, 0.29) is 42.0 Å². The van der Waals surface area contributed by atoms with Gasteiger partial charge < -0.3 is 24.6 Å². The van der Waals surface area contributed by atoms with Gasteiger partial charge in [-0.2, -0.15) is 0 Å². The predicted octanol–water partition coefficient (Wildman–Crippen LogP) is 1.94. The largest absolute Gasteiger partial charge is 0.503 e. The third kappa shape index (κ3) is 2.70. The van der Waals surface area contributed by atoms with Crippen molar-refractivity contribution < 1.29 is 19.0 Å². The van der Waals surface area contributed by atoms with Gasteiger partial charge in [0.25, 0.3) is 5.91 Å². The third-order valence-corrected chi connectivity index (χ3v) is 6.26. The molecule has 152 valence electrons. The summed E-state index contributed by atoms with van der Waals surface area (Å²) in [5.41, 5.74) is 1.02. The molecule has 0 spiro atoms. The van der Waals surface area contributed by atoms with E-state index in [2.05, 4.69) is 5.32 Å². The second-order valence-electron chi connectivity index (χ2n) is 7.50. The molecule has 4 heterocycles. The zero-order valence-electron chi connectivity index (χ0n) is 15.5.